The third-order valence-corrected chi connectivity index (χ3v) is 3.66. The number of amides is 1. The van der Waals surface area contributed by atoms with Crippen molar-refractivity contribution in [3.8, 4) is 5.75 Å². The van der Waals surface area contributed by atoms with Crippen LogP contribution in [-0.4, -0.2) is 28.6 Å². The molecule has 1 aliphatic rings. The van der Waals surface area contributed by atoms with Crippen molar-refractivity contribution in [3.05, 3.63) is 29.8 Å². The summed E-state index contributed by atoms with van der Waals surface area (Å²) in [6.45, 7) is 5.89. The molecule has 1 amide bonds. The fourth-order valence-corrected chi connectivity index (χ4v) is 2.63. The van der Waals surface area contributed by atoms with E-state index in [1.807, 2.05) is 20.8 Å². The molecule has 0 unspecified atom stereocenters. The maximum absolute atomic E-state index is 12.2. The number of aliphatic carboxylic acids is 1. The molecule has 1 aromatic rings. The highest BCUT2D eigenvalue weighted by molar-refractivity contribution is 5.94. The Morgan fingerprint density at radius 1 is 1.18 bits per heavy atom. The van der Waals surface area contributed by atoms with Gasteiger partial charge in [-0.3, -0.25) is 9.59 Å². The third-order valence-electron chi connectivity index (χ3n) is 3.66. The van der Waals surface area contributed by atoms with Gasteiger partial charge in [-0.15, -0.1) is 0 Å². The van der Waals surface area contributed by atoms with Gasteiger partial charge in [0.05, 0.1) is 5.92 Å². The van der Waals surface area contributed by atoms with E-state index in [1.54, 1.807) is 24.3 Å². The first-order chi connectivity index (χ1) is 10.2. The first-order valence-corrected chi connectivity index (χ1v) is 7.57. The van der Waals surface area contributed by atoms with Crippen LogP contribution in [0.1, 0.15) is 50.4 Å². The molecular formula is C17H23NO4. The lowest BCUT2D eigenvalue weighted by Gasteiger charge is -2.21. The zero-order valence-corrected chi connectivity index (χ0v) is 13.3. The molecule has 2 atom stereocenters. The van der Waals surface area contributed by atoms with Crippen LogP contribution in [0.15, 0.2) is 24.3 Å². The Labute approximate surface area is 130 Å². The molecule has 22 heavy (non-hydrogen) atoms. The molecule has 120 valence electrons. The number of hydrogen-bond acceptors (Lipinski definition) is 3. The van der Waals surface area contributed by atoms with Crippen LogP contribution in [0.4, 0.5) is 0 Å². The average molecular weight is 305 g/mol. The number of benzene rings is 1. The molecule has 0 aliphatic heterocycles. The molecule has 0 saturated heterocycles. The normalized spacial score (nSPS) is 21.4. The molecule has 0 bridgehead atoms. The van der Waals surface area contributed by atoms with Gasteiger partial charge < -0.3 is 15.2 Å². The SMILES string of the molecule is CC(C)(C)Oc1ccc(C(=O)N[C@H]2CC[C@@H](C(=O)O)C2)cc1. The van der Waals surface area contributed by atoms with E-state index < -0.39 is 5.97 Å². The lowest BCUT2D eigenvalue weighted by molar-refractivity contribution is -0.141. The Kier molecular flexibility index (Phi) is 4.74. The van der Waals surface area contributed by atoms with Gasteiger partial charge in [0.25, 0.3) is 5.91 Å². The smallest absolute Gasteiger partial charge is 0.306 e. The third kappa shape index (κ3) is 4.48. The number of ether oxygens (including phenoxy) is 1. The van der Waals surface area contributed by atoms with E-state index in [1.165, 1.54) is 0 Å². The fraction of sp³-hybridized carbons (Fsp3) is 0.529. The van der Waals surface area contributed by atoms with Gasteiger partial charge in [-0.1, -0.05) is 0 Å². The molecular weight excluding hydrogens is 282 g/mol. The summed E-state index contributed by atoms with van der Waals surface area (Å²) in [6.07, 6.45) is 1.85. The van der Waals surface area contributed by atoms with Crippen molar-refractivity contribution in [1.29, 1.82) is 0 Å². The second kappa shape index (κ2) is 6.38. The summed E-state index contributed by atoms with van der Waals surface area (Å²) in [5, 5.41) is 11.9. The molecule has 0 radical (unpaired) electrons. The zero-order chi connectivity index (χ0) is 16.3. The van der Waals surface area contributed by atoms with Crippen LogP contribution < -0.4 is 10.1 Å². The van der Waals surface area contributed by atoms with Crippen LogP contribution in [0, 0.1) is 5.92 Å². The highest BCUT2D eigenvalue weighted by Crippen LogP contribution is 2.26. The summed E-state index contributed by atoms with van der Waals surface area (Å²) in [5.74, 6) is -0.567. The molecule has 0 heterocycles. The van der Waals surface area contributed by atoms with Crippen molar-refractivity contribution in [2.75, 3.05) is 0 Å². The standard InChI is InChI=1S/C17H23NO4/c1-17(2,3)22-14-8-5-11(6-9-14)15(19)18-13-7-4-12(10-13)16(20)21/h5-6,8-9,12-13H,4,7,10H2,1-3H3,(H,18,19)(H,20,21)/t12-,13+/m1/s1. The second-order valence-corrected chi connectivity index (χ2v) is 6.76. The van der Waals surface area contributed by atoms with E-state index in [4.69, 9.17) is 9.84 Å². The van der Waals surface area contributed by atoms with E-state index in [2.05, 4.69) is 5.32 Å². The molecule has 1 aliphatic carbocycles. The van der Waals surface area contributed by atoms with Crippen molar-refractivity contribution in [2.24, 2.45) is 5.92 Å². The minimum absolute atomic E-state index is 0.0564. The van der Waals surface area contributed by atoms with Crippen LogP contribution in [0.5, 0.6) is 5.75 Å². The minimum atomic E-state index is -0.777. The van der Waals surface area contributed by atoms with Gasteiger partial charge in [-0.05, 0) is 64.3 Å². The number of carboxylic acids is 1. The van der Waals surface area contributed by atoms with Gasteiger partial charge in [-0.25, -0.2) is 0 Å². The summed E-state index contributed by atoms with van der Waals surface area (Å²) >= 11 is 0. The molecule has 5 heteroatoms. The van der Waals surface area contributed by atoms with Crippen molar-refractivity contribution in [3.63, 3.8) is 0 Å². The molecule has 1 aromatic carbocycles. The van der Waals surface area contributed by atoms with E-state index in [0.717, 1.165) is 5.75 Å². The highest BCUT2D eigenvalue weighted by atomic mass is 16.5. The lowest BCUT2D eigenvalue weighted by atomic mass is 10.1. The Bertz CT molecular complexity index is 545. The molecule has 1 fully saturated rings. The topological polar surface area (TPSA) is 75.6 Å². The van der Waals surface area contributed by atoms with Crippen molar-refractivity contribution < 1.29 is 19.4 Å². The Morgan fingerprint density at radius 3 is 2.32 bits per heavy atom. The van der Waals surface area contributed by atoms with Crippen molar-refractivity contribution >= 4 is 11.9 Å². The summed E-state index contributed by atoms with van der Waals surface area (Å²) < 4.78 is 5.71. The Balaban J connectivity index is 1.92. The molecule has 5 nitrogen and oxygen atoms in total. The quantitative estimate of drug-likeness (QED) is 0.897. The predicted molar refractivity (Wildman–Crippen MR) is 83.1 cm³/mol. The molecule has 1 saturated carbocycles. The summed E-state index contributed by atoms with van der Waals surface area (Å²) in [6, 6.07) is 6.93. The van der Waals surface area contributed by atoms with Gasteiger partial charge in [0.2, 0.25) is 0 Å². The van der Waals surface area contributed by atoms with Gasteiger partial charge in [-0.2, -0.15) is 0 Å². The van der Waals surface area contributed by atoms with Crippen molar-refractivity contribution in [2.45, 2.75) is 51.7 Å². The van der Waals surface area contributed by atoms with Gasteiger partial charge in [0.1, 0.15) is 11.4 Å². The molecule has 2 N–H and O–H groups in total. The van der Waals surface area contributed by atoms with Crippen LogP contribution in [0.25, 0.3) is 0 Å². The van der Waals surface area contributed by atoms with E-state index >= 15 is 0 Å². The maximum Gasteiger partial charge on any atom is 0.306 e. The van der Waals surface area contributed by atoms with Crippen molar-refractivity contribution in [1.82, 2.24) is 5.32 Å². The average Bonchev–Trinajstić information content (AvgIpc) is 2.86. The first kappa shape index (κ1) is 16.3. The molecule has 2 rings (SSSR count). The number of rotatable bonds is 4. The molecule has 0 spiro atoms. The lowest BCUT2D eigenvalue weighted by Crippen LogP contribution is -2.33. The summed E-state index contributed by atoms with van der Waals surface area (Å²) in [5.41, 5.74) is 0.277. The van der Waals surface area contributed by atoms with E-state index in [0.29, 0.717) is 24.8 Å². The second-order valence-electron chi connectivity index (χ2n) is 6.76. The Morgan fingerprint density at radius 2 is 1.82 bits per heavy atom. The number of nitrogens with one attached hydrogen (secondary N) is 1. The largest absolute Gasteiger partial charge is 0.488 e. The number of hydrogen-bond donors (Lipinski definition) is 2. The molecule has 0 aromatic heterocycles. The Hall–Kier alpha value is -2.04. The predicted octanol–water partition coefficient (Wildman–Crippen LogP) is 2.85. The number of carbonyl (C=O) groups excluding carboxylic acids is 1. The highest BCUT2D eigenvalue weighted by Gasteiger charge is 2.30. The van der Waals surface area contributed by atoms with Gasteiger partial charge in [0.15, 0.2) is 0 Å². The zero-order valence-electron chi connectivity index (χ0n) is 13.3. The van der Waals surface area contributed by atoms with Gasteiger partial charge >= 0.3 is 5.97 Å². The van der Waals surface area contributed by atoms with Crippen LogP contribution in [0.2, 0.25) is 0 Å². The first-order valence-electron chi connectivity index (χ1n) is 7.57. The monoisotopic (exact) mass is 305 g/mol. The number of carboxylic acid groups (broad SMARTS) is 1. The maximum atomic E-state index is 12.2. The summed E-state index contributed by atoms with van der Waals surface area (Å²) in [7, 11) is 0. The van der Waals surface area contributed by atoms with Crippen LogP contribution >= 0.6 is 0 Å². The minimum Gasteiger partial charge on any atom is -0.488 e. The van der Waals surface area contributed by atoms with Gasteiger partial charge in [0, 0.05) is 11.6 Å². The number of carbonyl (C=O) groups is 2. The fourth-order valence-electron chi connectivity index (χ4n) is 2.63. The van der Waals surface area contributed by atoms with E-state index in [9.17, 15) is 9.59 Å². The summed E-state index contributed by atoms with van der Waals surface area (Å²) in [4.78, 5) is 23.1. The van der Waals surface area contributed by atoms with Crippen LogP contribution in [0.3, 0.4) is 0 Å². The van der Waals surface area contributed by atoms with Crippen LogP contribution in [-0.2, 0) is 4.79 Å². The van der Waals surface area contributed by atoms with E-state index in [-0.39, 0.29) is 23.5 Å².